The van der Waals surface area contributed by atoms with Crippen molar-refractivity contribution in [3.63, 3.8) is 0 Å². The van der Waals surface area contributed by atoms with E-state index >= 15 is 0 Å². The van der Waals surface area contributed by atoms with Crippen molar-refractivity contribution in [3.05, 3.63) is 35.9 Å². The SMILES string of the molecule is O=C(O)[C@H](CCc1ccccc1)N1CC(CCl)CC1=O. The second kappa shape index (κ2) is 6.75. The number of carboxylic acids is 1. The van der Waals surface area contributed by atoms with Crippen LogP contribution in [0.15, 0.2) is 30.3 Å². The summed E-state index contributed by atoms with van der Waals surface area (Å²) in [6, 6.07) is 8.95. The zero-order chi connectivity index (χ0) is 14.5. The van der Waals surface area contributed by atoms with Crippen LogP contribution in [0, 0.1) is 5.92 Å². The van der Waals surface area contributed by atoms with Crippen LogP contribution in [-0.4, -0.2) is 40.3 Å². The van der Waals surface area contributed by atoms with Crippen LogP contribution >= 0.6 is 11.6 Å². The molecule has 0 bridgehead atoms. The minimum Gasteiger partial charge on any atom is -0.480 e. The number of carboxylic acid groups (broad SMARTS) is 1. The lowest BCUT2D eigenvalue weighted by Gasteiger charge is -2.24. The maximum absolute atomic E-state index is 11.9. The Balaban J connectivity index is 2.01. The van der Waals surface area contributed by atoms with Crippen LogP contribution in [-0.2, 0) is 16.0 Å². The highest BCUT2D eigenvalue weighted by atomic mass is 35.5. The zero-order valence-electron chi connectivity index (χ0n) is 11.2. The number of nitrogens with zero attached hydrogens (tertiary/aromatic N) is 1. The van der Waals surface area contributed by atoms with Crippen LogP contribution in [0.1, 0.15) is 18.4 Å². The standard InChI is InChI=1S/C15H18ClNO3/c16-9-12-8-14(18)17(10-12)13(15(19)20)7-6-11-4-2-1-3-5-11/h1-5,12-13H,6-10H2,(H,19,20)/t12?,13-/m0/s1. The molecule has 2 atom stereocenters. The highest BCUT2D eigenvalue weighted by molar-refractivity contribution is 6.18. The number of aryl methyl sites for hydroxylation is 1. The van der Waals surface area contributed by atoms with Crippen LogP contribution in [0.4, 0.5) is 0 Å². The third kappa shape index (κ3) is 3.51. The molecule has 1 aromatic carbocycles. The molecule has 1 unspecified atom stereocenters. The van der Waals surface area contributed by atoms with Crippen LogP contribution in [0.3, 0.4) is 0 Å². The summed E-state index contributed by atoms with van der Waals surface area (Å²) in [7, 11) is 0. The predicted octanol–water partition coefficient (Wildman–Crippen LogP) is 2.16. The topological polar surface area (TPSA) is 57.6 Å². The summed E-state index contributed by atoms with van der Waals surface area (Å²) in [4.78, 5) is 24.8. The van der Waals surface area contributed by atoms with E-state index in [4.69, 9.17) is 11.6 Å². The fourth-order valence-electron chi connectivity index (χ4n) is 2.57. The van der Waals surface area contributed by atoms with Crippen molar-refractivity contribution in [3.8, 4) is 0 Å². The molecule has 4 nitrogen and oxygen atoms in total. The van der Waals surface area contributed by atoms with Crippen molar-refractivity contribution in [2.45, 2.75) is 25.3 Å². The monoisotopic (exact) mass is 295 g/mol. The minimum atomic E-state index is -0.940. The fourth-order valence-corrected chi connectivity index (χ4v) is 2.78. The molecular formula is C15H18ClNO3. The van der Waals surface area contributed by atoms with E-state index in [1.807, 2.05) is 30.3 Å². The molecule has 20 heavy (non-hydrogen) atoms. The molecule has 1 aromatic rings. The molecule has 1 heterocycles. The number of hydrogen-bond donors (Lipinski definition) is 1. The van der Waals surface area contributed by atoms with Gasteiger partial charge in [0.25, 0.3) is 0 Å². The summed E-state index contributed by atoms with van der Waals surface area (Å²) in [5.74, 6) is -0.573. The predicted molar refractivity (Wildman–Crippen MR) is 76.7 cm³/mol. The van der Waals surface area contributed by atoms with Crippen molar-refractivity contribution < 1.29 is 14.7 Å². The number of alkyl halides is 1. The number of rotatable bonds is 6. The number of carbonyl (C=O) groups excluding carboxylic acids is 1. The molecule has 1 aliphatic heterocycles. The molecule has 1 N–H and O–H groups in total. The number of halogens is 1. The fraction of sp³-hybridized carbons (Fsp3) is 0.467. The number of benzene rings is 1. The van der Waals surface area contributed by atoms with Gasteiger partial charge in [0.2, 0.25) is 5.91 Å². The quantitative estimate of drug-likeness (QED) is 0.818. The van der Waals surface area contributed by atoms with E-state index in [0.29, 0.717) is 31.7 Å². The van der Waals surface area contributed by atoms with E-state index in [2.05, 4.69) is 0 Å². The number of hydrogen-bond acceptors (Lipinski definition) is 2. The van der Waals surface area contributed by atoms with E-state index in [9.17, 15) is 14.7 Å². The Hall–Kier alpha value is -1.55. The molecule has 0 spiro atoms. The minimum absolute atomic E-state index is 0.0720. The van der Waals surface area contributed by atoms with E-state index < -0.39 is 12.0 Å². The molecule has 0 saturated carbocycles. The first kappa shape index (κ1) is 14.9. The smallest absolute Gasteiger partial charge is 0.326 e. The molecule has 5 heteroatoms. The summed E-state index contributed by atoms with van der Waals surface area (Å²) in [6.45, 7) is 0.452. The maximum atomic E-state index is 11.9. The van der Waals surface area contributed by atoms with Gasteiger partial charge < -0.3 is 10.0 Å². The van der Waals surface area contributed by atoms with Crippen molar-refractivity contribution in [1.82, 2.24) is 4.90 Å². The summed E-state index contributed by atoms with van der Waals surface area (Å²) >= 11 is 5.77. The zero-order valence-corrected chi connectivity index (χ0v) is 11.9. The Labute approximate surface area is 123 Å². The van der Waals surface area contributed by atoms with E-state index in [0.717, 1.165) is 5.56 Å². The molecule has 108 valence electrons. The van der Waals surface area contributed by atoms with Gasteiger partial charge in [-0.2, -0.15) is 0 Å². The van der Waals surface area contributed by atoms with E-state index in [-0.39, 0.29) is 11.8 Å². The molecule has 0 aliphatic carbocycles. The van der Waals surface area contributed by atoms with Gasteiger partial charge >= 0.3 is 5.97 Å². The molecule has 0 aromatic heterocycles. The van der Waals surface area contributed by atoms with Gasteiger partial charge in [-0.1, -0.05) is 30.3 Å². The number of carbonyl (C=O) groups is 2. The largest absolute Gasteiger partial charge is 0.480 e. The van der Waals surface area contributed by atoms with Crippen LogP contribution < -0.4 is 0 Å². The van der Waals surface area contributed by atoms with Gasteiger partial charge in [-0.25, -0.2) is 4.79 Å². The molecule has 1 amide bonds. The van der Waals surface area contributed by atoms with Gasteiger partial charge in [-0.3, -0.25) is 4.79 Å². The number of likely N-dealkylation sites (tertiary alicyclic amines) is 1. The van der Waals surface area contributed by atoms with Gasteiger partial charge in [-0.05, 0) is 24.3 Å². The Morgan fingerprint density at radius 3 is 2.65 bits per heavy atom. The Morgan fingerprint density at radius 2 is 2.10 bits per heavy atom. The average molecular weight is 296 g/mol. The van der Waals surface area contributed by atoms with Crippen molar-refractivity contribution in [1.29, 1.82) is 0 Å². The first-order valence-electron chi connectivity index (χ1n) is 6.74. The second-order valence-corrected chi connectivity index (χ2v) is 5.46. The molecule has 0 radical (unpaired) electrons. The van der Waals surface area contributed by atoms with Gasteiger partial charge in [-0.15, -0.1) is 11.6 Å². The number of aliphatic carboxylic acids is 1. The third-order valence-corrected chi connectivity index (χ3v) is 4.10. The molecule has 1 fully saturated rings. The second-order valence-electron chi connectivity index (χ2n) is 5.15. The molecule has 1 aliphatic rings. The lowest BCUT2D eigenvalue weighted by molar-refractivity contribution is -0.148. The summed E-state index contributed by atoms with van der Waals surface area (Å²) in [5.41, 5.74) is 1.08. The van der Waals surface area contributed by atoms with Crippen molar-refractivity contribution >= 4 is 23.5 Å². The summed E-state index contributed by atoms with van der Waals surface area (Å²) in [6.07, 6.45) is 1.44. The Bertz CT molecular complexity index is 477. The molecular weight excluding hydrogens is 278 g/mol. The lowest BCUT2D eigenvalue weighted by atomic mass is 10.0. The van der Waals surface area contributed by atoms with Gasteiger partial charge in [0, 0.05) is 18.8 Å². The van der Waals surface area contributed by atoms with Crippen LogP contribution in [0.5, 0.6) is 0 Å². The van der Waals surface area contributed by atoms with Crippen molar-refractivity contribution in [2.75, 3.05) is 12.4 Å². The normalized spacial score (nSPS) is 20.1. The maximum Gasteiger partial charge on any atom is 0.326 e. The lowest BCUT2D eigenvalue weighted by Crippen LogP contribution is -2.42. The first-order valence-corrected chi connectivity index (χ1v) is 7.27. The molecule has 2 rings (SSSR count). The number of amides is 1. The highest BCUT2D eigenvalue weighted by Gasteiger charge is 2.36. The van der Waals surface area contributed by atoms with E-state index in [1.165, 1.54) is 4.90 Å². The van der Waals surface area contributed by atoms with Crippen molar-refractivity contribution in [2.24, 2.45) is 5.92 Å². The van der Waals surface area contributed by atoms with Gasteiger partial charge in [0.15, 0.2) is 0 Å². The van der Waals surface area contributed by atoms with Crippen LogP contribution in [0.2, 0.25) is 0 Å². The molecule has 1 saturated heterocycles. The average Bonchev–Trinajstić information content (AvgIpc) is 2.81. The third-order valence-electron chi connectivity index (χ3n) is 3.67. The van der Waals surface area contributed by atoms with Gasteiger partial charge in [0.05, 0.1) is 0 Å². The Morgan fingerprint density at radius 1 is 1.40 bits per heavy atom. The summed E-state index contributed by atoms with van der Waals surface area (Å²) < 4.78 is 0. The highest BCUT2D eigenvalue weighted by Crippen LogP contribution is 2.23. The Kier molecular flexibility index (Phi) is 5.01. The van der Waals surface area contributed by atoms with Crippen LogP contribution in [0.25, 0.3) is 0 Å². The first-order chi connectivity index (χ1) is 9.61. The summed E-state index contributed by atoms with van der Waals surface area (Å²) in [5, 5.41) is 9.36. The van der Waals surface area contributed by atoms with Gasteiger partial charge in [0.1, 0.15) is 6.04 Å². The van der Waals surface area contributed by atoms with E-state index in [1.54, 1.807) is 0 Å².